The van der Waals surface area contributed by atoms with Crippen LogP contribution in [-0.4, -0.2) is 15.3 Å². The van der Waals surface area contributed by atoms with Crippen molar-refractivity contribution in [3.8, 4) is 0 Å². The van der Waals surface area contributed by atoms with Crippen LogP contribution in [-0.2, 0) is 0 Å². The minimum Gasteiger partial charge on any atom is -0.343 e. The molecule has 58 valence electrons. The molecular weight excluding hydrogens is 162 g/mol. The fourth-order valence-electron chi connectivity index (χ4n) is 1.000. The molecule has 0 bridgehead atoms. The van der Waals surface area contributed by atoms with Gasteiger partial charge in [-0.25, -0.2) is 0 Å². The van der Waals surface area contributed by atoms with Gasteiger partial charge in [0.05, 0.1) is 11.8 Å². The van der Waals surface area contributed by atoms with E-state index in [1.54, 1.807) is 6.20 Å². The summed E-state index contributed by atoms with van der Waals surface area (Å²) in [7, 11) is 0. The van der Waals surface area contributed by atoms with Gasteiger partial charge < -0.3 is 16.4 Å². The van der Waals surface area contributed by atoms with Crippen LogP contribution >= 0.6 is 12.2 Å². The van der Waals surface area contributed by atoms with Crippen LogP contribution in [0.2, 0.25) is 0 Å². The van der Waals surface area contributed by atoms with E-state index >= 15 is 0 Å². The van der Waals surface area contributed by atoms with Crippen molar-refractivity contribution < 1.29 is 0 Å². The summed E-state index contributed by atoms with van der Waals surface area (Å²) in [5.41, 5.74) is 6.58. The first-order chi connectivity index (χ1) is 5.27. The monoisotopic (exact) mass is 169 g/mol. The smallest absolute Gasteiger partial charge is 0.173 e. The Bertz CT molecular complexity index is 293. The molecule has 5 N–H and O–H groups in total. The number of nitrogens with zero attached hydrogens (tertiary/aromatic N) is 1. The highest BCUT2D eigenvalue weighted by Crippen LogP contribution is 2.19. The number of hydrogen-bond donors (Lipinski definition) is 4. The number of H-pyrrole nitrogens is 1. The molecule has 0 aliphatic carbocycles. The second-order valence-electron chi connectivity index (χ2n) is 2.28. The third kappa shape index (κ3) is 0.958. The normalized spacial score (nSPS) is 21.9. The number of aromatic amines is 1. The number of aromatic nitrogens is 2. The van der Waals surface area contributed by atoms with E-state index in [0.717, 1.165) is 11.4 Å². The van der Waals surface area contributed by atoms with Crippen molar-refractivity contribution in [3.05, 3.63) is 11.8 Å². The summed E-state index contributed by atoms with van der Waals surface area (Å²) in [6.07, 6.45) is 1.42. The van der Waals surface area contributed by atoms with Crippen LogP contribution < -0.4 is 16.4 Å². The minimum absolute atomic E-state index is 0.252. The quantitative estimate of drug-likeness (QED) is 0.400. The maximum atomic E-state index is 5.68. The van der Waals surface area contributed by atoms with Gasteiger partial charge in [0.2, 0.25) is 0 Å². The molecule has 11 heavy (non-hydrogen) atoms. The van der Waals surface area contributed by atoms with Gasteiger partial charge in [0.25, 0.3) is 0 Å². The van der Waals surface area contributed by atoms with Crippen LogP contribution in [0.3, 0.4) is 0 Å². The Balaban J connectivity index is 2.43. The van der Waals surface area contributed by atoms with E-state index in [-0.39, 0.29) is 6.17 Å². The van der Waals surface area contributed by atoms with Gasteiger partial charge in [-0.05, 0) is 12.2 Å². The molecule has 1 aliphatic rings. The summed E-state index contributed by atoms with van der Waals surface area (Å²) >= 11 is 4.87. The van der Waals surface area contributed by atoms with Gasteiger partial charge in [0.1, 0.15) is 12.0 Å². The van der Waals surface area contributed by atoms with Crippen LogP contribution in [0.4, 0.5) is 5.82 Å². The summed E-state index contributed by atoms with van der Waals surface area (Å²) in [5.74, 6) is 0.779. The Kier molecular flexibility index (Phi) is 1.30. The molecule has 2 rings (SSSR count). The van der Waals surface area contributed by atoms with Crippen LogP contribution in [0.1, 0.15) is 11.7 Å². The fourth-order valence-corrected chi connectivity index (χ4v) is 1.23. The standard InChI is InChI=1S/C5H7N5S/c6-3-2-1-7-10-4(2)9-5(11)8-3/h1,3H,6H2,(H3,7,8,9,10,11). The van der Waals surface area contributed by atoms with Crippen LogP contribution in [0, 0.1) is 0 Å². The number of rotatable bonds is 0. The molecule has 0 amide bonds. The number of thiocarbonyl (C=S) groups is 1. The van der Waals surface area contributed by atoms with Crippen molar-refractivity contribution in [3.63, 3.8) is 0 Å². The van der Waals surface area contributed by atoms with Crippen LogP contribution in [0.25, 0.3) is 0 Å². The number of nitrogens with two attached hydrogens (primary N) is 1. The first-order valence-electron chi connectivity index (χ1n) is 3.14. The maximum absolute atomic E-state index is 5.68. The van der Waals surface area contributed by atoms with Gasteiger partial charge >= 0.3 is 0 Å². The highest BCUT2D eigenvalue weighted by molar-refractivity contribution is 7.80. The minimum atomic E-state index is -0.252. The zero-order valence-corrected chi connectivity index (χ0v) is 6.40. The molecule has 6 heteroatoms. The third-order valence-corrected chi connectivity index (χ3v) is 1.75. The van der Waals surface area contributed by atoms with E-state index in [2.05, 4.69) is 20.8 Å². The Morgan fingerprint density at radius 1 is 1.64 bits per heavy atom. The number of nitrogens with one attached hydrogen (secondary N) is 3. The van der Waals surface area contributed by atoms with E-state index < -0.39 is 0 Å². The van der Waals surface area contributed by atoms with E-state index in [0.29, 0.717) is 5.11 Å². The molecule has 5 nitrogen and oxygen atoms in total. The summed E-state index contributed by atoms with van der Waals surface area (Å²) in [6, 6.07) is 0. The topological polar surface area (TPSA) is 78.8 Å². The average molecular weight is 169 g/mol. The number of hydrogen-bond acceptors (Lipinski definition) is 3. The summed E-state index contributed by atoms with van der Waals surface area (Å²) in [5, 5.41) is 12.8. The molecule has 0 saturated carbocycles. The lowest BCUT2D eigenvalue weighted by molar-refractivity contribution is 0.678. The lowest BCUT2D eigenvalue weighted by atomic mass is 10.2. The van der Waals surface area contributed by atoms with Crippen molar-refractivity contribution in [2.45, 2.75) is 6.17 Å². The van der Waals surface area contributed by atoms with Gasteiger partial charge in [-0.2, -0.15) is 5.10 Å². The average Bonchev–Trinajstić information content (AvgIpc) is 2.34. The van der Waals surface area contributed by atoms with Crippen molar-refractivity contribution in [2.75, 3.05) is 5.32 Å². The second kappa shape index (κ2) is 2.18. The molecule has 0 fully saturated rings. The molecule has 0 radical (unpaired) electrons. The van der Waals surface area contributed by atoms with E-state index in [4.69, 9.17) is 18.0 Å². The first kappa shape index (κ1) is 6.56. The molecule has 1 aromatic rings. The zero-order chi connectivity index (χ0) is 7.84. The predicted molar refractivity (Wildman–Crippen MR) is 44.9 cm³/mol. The molecule has 1 unspecified atom stereocenters. The van der Waals surface area contributed by atoms with Crippen molar-refractivity contribution in [2.24, 2.45) is 5.73 Å². The molecule has 1 aliphatic heterocycles. The fraction of sp³-hybridized carbons (Fsp3) is 0.200. The highest BCUT2D eigenvalue weighted by Gasteiger charge is 2.19. The third-order valence-electron chi connectivity index (χ3n) is 1.53. The summed E-state index contributed by atoms with van der Waals surface area (Å²) in [4.78, 5) is 0. The molecule has 0 aromatic carbocycles. The largest absolute Gasteiger partial charge is 0.343 e. The zero-order valence-electron chi connectivity index (χ0n) is 5.59. The Labute approximate surface area is 68.4 Å². The first-order valence-corrected chi connectivity index (χ1v) is 3.54. The molecule has 2 heterocycles. The van der Waals surface area contributed by atoms with Gasteiger partial charge in [-0.1, -0.05) is 0 Å². The molecule has 1 aromatic heterocycles. The Morgan fingerprint density at radius 3 is 3.27 bits per heavy atom. The molecular formula is C5H7N5S. The van der Waals surface area contributed by atoms with E-state index in [1.807, 2.05) is 0 Å². The molecule has 0 saturated heterocycles. The maximum Gasteiger partial charge on any atom is 0.173 e. The second-order valence-corrected chi connectivity index (χ2v) is 2.68. The SMILES string of the molecule is NC1NC(=S)Nc2[nH]ncc21. The van der Waals surface area contributed by atoms with Crippen molar-refractivity contribution in [1.82, 2.24) is 15.5 Å². The van der Waals surface area contributed by atoms with Crippen LogP contribution in [0.5, 0.6) is 0 Å². The lowest BCUT2D eigenvalue weighted by Gasteiger charge is -2.22. The Morgan fingerprint density at radius 2 is 2.45 bits per heavy atom. The van der Waals surface area contributed by atoms with Crippen molar-refractivity contribution >= 4 is 23.1 Å². The molecule has 0 spiro atoms. The highest BCUT2D eigenvalue weighted by atomic mass is 32.1. The summed E-state index contributed by atoms with van der Waals surface area (Å²) in [6.45, 7) is 0. The van der Waals surface area contributed by atoms with E-state index in [1.165, 1.54) is 0 Å². The van der Waals surface area contributed by atoms with E-state index in [9.17, 15) is 0 Å². The number of anilines is 1. The summed E-state index contributed by atoms with van der Waals surface area (Å²) < 4.78 is 0. The van der Waals surface area contributed by atoms with Crippen molar-refractivity contribution in [1.29, 1.82) is 0 Å². The van der Waals surface area contributed by atoms with Gasteiger partial charge in [0.15, 0.2) is 5.11 Å². The van der Waals surface area contributed by atoms with Gasteiger partial charge in [-0.3, -0.25) is 5.10 Å². The predicted octanol–water partition coefficient (Wildman–Crippen LogP) is -0.333. The van der Waals surface area contributed by atoms with Gasteiger partial charge in [0, 0.05) is 0 Å². The Hall–Kier alpha value is -1.14. The van der Waals surface area contributed by atoms with Gasteiger partial charge in [-0.15, -0.1) is 0 Å². The lowest BCUT2D eigenvalue weighted by Crippen LogP contribution is -2.41. The molecule has 1 atom stereocenters. The number of fused-ring (bicyclic) bond motifs is 1. The van der Waals surface area contributed by atoms with Crippen LogP contribution in [0.15, 0.2) is 6.20 Å².